The van der Waals surface area contributed by atoms with E-state index in [0.29, 0.717) is 5.75 Å². The molecule has 0 amide bonds. The van der Waals surface area contributed by atoms with E-state index in [1.165, 1.54) is 0 Å². The Balaban J connectivity index is 2.23. The third kappa shape index (κ3) is 2.33. The van der Waals surface area contributed by atoms with Crippen molar-refractivity contribution in [3.05, 3.63) is 30.3 Å². The minimum atomic E-state index is -2.19. The minimum Gasteiger partial charge on any atom is -0.457 e. The van der Waals surface area contributed by atoms with Gasteiger partial charge in [-0.05, 0) is 12.1 Å². The van der Waals surface area contributed by atoms with Gasteiger partial charge in [0.1, 0.15) is 24.1 Å². The van der Waals surface area contributed by atoms with Crippen LogP contribution in [0.2, 0.25) is 0 Å². The third-order valence-corrected chi connectivity index (χ3v) is 2.91. The molecule has 6 nitrogen and oxygen atoms in total. The molecule has 0 aromatic heterocycles. The first-order valence-electron chi connectivity index (χ1n) is 5.63. The lowest BCUT2D eigenvalue weighted by Gasteiger charge is -2.43. The Bertz CT molecular complexity index is 379. The van der Waals surface area contributed by atoms with E-state index in [4.69, 9.17) is 14.6 Å². The van der Waals surface area contributed by atoms with Crippen molar-refractivity contribution in [3.8, 4) is 5.75 Å². The Morgan fingerprint density at radius 1 is 1.28 bits per heavy atom. The maximum Gasteiger partial charge on any atom is 0.265 e. The van der Waals surface area contributed by atoms with Crippen LogP contribution in [-0.2, 0) is 4.74 Å². The predicted octanol–water partition coefficient (Wildman–Crippen LogP) is -1.13. The molecule has 18 heavy (non-hydrogen) atoms. The summed E-state index contributed by atoms with van der Waals surface area (Å²) in [4.78, 5) is 0. The lowest BCUT2D eigenvalue weighted by Crippen LogP contribution is -2.67. The minimum absolute atomic E-state index is 0.174. The number of hydrogen-bond donors (Lipinski definition) is 4. The van der Waals surface area contributed by atoms with Crippen LogP contribution in [0.15, 0.2) is 30.3 Å². The second-order valence-electron chi connectivity index (χ2n) is 4.18. The maximum absolute atomic E-state index is 10.3. The highest BCUT2D eigenvalue weighted by atomic mass is 16.7. The number of aliphatic hydroxyl groups excluding tert-OH is 3. The quantitative estimate of drug-likeness (QED) is 0.511. The zero-order chi connectivity index (χ0) is 13.2. The van der Waals surface area contributed by atoms with Crippen molar-refractivity contribution in [3.63, 3.8) is 0 Å². The van der Waals surface area contributed by atoms with Gasteiger partial charge in [-0.15, -0.1) is 0 Å². The molecule has 100 valence electrons. The predicted molar refractivity (Wildman–Crippen MR) is 60.9 cm³/mol. The van der Waals surface area contributed by atoms with Crippen LogP contribution < -0.4 is 4.74 Å². The van der Waals surface area contributed by atoms with Crippen LogP contribution in [0.25, 0.3) is 0 Å². The van der Waals surface area contributed by atoms with Crippen molar-refractivity contribution in [1.29, 1.82) is 0 Å². The van der Waals surface area contributed by atoms with E-state index < -0.39 is 30.7 Å². The second kappa shape index (κ2) is 5.21. The topological polar surface area (TPSA) is 99.4 Å². The number of benzene rings is 1. The van der Waals surface area contributed by atoms with Crippen LogP contribution in [0.1, 0.15) is 0 Å². The molecule has 4 N–H and O–H groups in total. The largest absolute Gasteiger partial charge is 0.457 e. The van der Waals surface area contributed by atoms with Crippen molar-refractivity contribution < 1.29 is 29.9 Å². The van der Waals surface area contributed by atoms with Gasteiger partial charge >= 0.3 is 0 Å². The van der Waals surface area contributed by atoms with Gasteiger partial charge in [-0.25, -0.2) is 0 Å². The summed E-state index contributed by atoms with van der Waals surface area (Å²) < 4.78 is 10.4. The summed E-state index contributed by atoms with van der Waals surface area (Å²) in [5, 5.41) is 38.8. The van der Waals surface area contributed by atoms with Gasteiger partial charge in [0.05, 0.1) is 13.2 Å². The van der Waals surface area contributed by atoms with E-state index in [2.05, 4.69) is 0 Å². The number of rotatable bonds is 3. The monoisotopic (exact) mass is 256 g/mol. The summed E-state index contributed by atoms with van der Waals surface area (Å²) >= 11 is 0. The molecule has 0 unspecified atom stereocenters. The molecule has 2 rings (SSSR count). The highest BCUT2D eigenvalue weighted by Gasteiger charge is 2.53. The van der Waals surface area contributed by atoms with Crippen LogP contribution in [0.4, 0.5) is 0 Å². The van der Waals surface area contributed by atoms with Gasteiger partial charge in [0, 0.05) is 0 Å². The average molecular weight is 256 g/mol. The van der Waals surface area contributed by atoms with Gasteiger partial charge in [-0.2, -0.15) is 0 Å². The Morgan fingerprint density at radius 2 is 1.94 bits per heavy atom. The Kier molecular flexibility index (Phi) is 3.84. The second-order valence-corrected chi connectivity index (χ2v) is 4.18. The highest BCUT2D eigenvalue weighted by Crippen LogP contribution is 2.29. The number of aliphatic hydroxyl groups is 4. The van der Waals surface area contributed by atoms with Gasteiger partial charge in [0.15, 0.2) is 0 Å². The molecule has 1 aromatic rings. The van der Waals surface area contributed by atoms with Crippen molar-refractivity contribution in [2.45, 2.75) is 24.1 Å². The molecule has 1 aliphatic heterocycles. The maximum atomic E-state index is 10.3. The van der Waals surface area contributed by atoms with E-state index in [1.54, 1.807) is 30.3 Å². The molecule has 1 aliphatic rings. The summed E-state index contributed by atoms with van der Waals surface area (Å²) in [6.07, 6.45) is -3.97. The number of para-hydroxylation sites is 1. The van der Waals surface area contributed by atoms with E-state index in [9.17, 15) is 15.3 Å². The Labute approximate surface area is 104 Å². The molecule has 4 atom stereocenters. The van der Waals surface area contributed by atoms with E-state index in [0.717, 1.165) is 0 Å². The van der Waals surface area contributed by atoms with Crippen molar-refractivity contribution in [2.24, 2.45) is 0 Å². The SMILES string of the molecule is OC[C@H]1OC[C@H](O)[C@@H](O)[C@]1(O)Oc1ccccc1. The fourth-order valence-electron chi connectivity index (χ4n) is 1.88. The summed E-state index contributed by atoms with van der Waals surface area (Å²) in [6, 6.07) is 8.32. The normalized spacial score (nSPS) is 36.3. The molecular formula is C12H16O6. The van der Waals surface area contributed by atoms with Gasteiger partial charge < -0.3 is 29.9 Å². The fraction of sp³-hybridized carbons (Fsp3) is 0.500. The summed E-state index contributed by atoms with van der Waals surface area (Å²) in [5.74, 6) is -1.89. The summed E-state index contributed by atoms with van der Waals surface area (Å²) in [6.45, 7) is -0.708. The Hall–Kier alpha value is -1.18. The molecule has 1 aromatic carbocycles. The molecule has 6 heteroatoms. The molecule has 0 saturated carbocycles. The molecule has 1 fully saturated rings. The zero-order valence-corrected chi connectivity index (χ0v) is 9.64. The molecule has 1 heterocycles. The molecular weight excluding hydrogens is 240 g/mol. The first-order chi connectivity index (χ1) is 8.58. The Morgan fingerprint density at radius 3 is 2.56 bits per heavy atom. The third-order valence-electron chi connectivity index (χ3n) is 2.91. The van der Waals surface area contributed by atoms with E-state index in [1.807, 2.05) is 0 Å². The molecule has 0 bridgehead atoms. The van der Waals surface area contributed by atoms with Crippen LogP contribution in [0.5, 0.6) is 5.75 Å². The van der Waals surface area contributed by atoms with Gasteiger partial charge in [0.25, 0.3) is 5.79 Å². The number of hydrogen-bond acceptors (Lipinski definition) is 6. The van der Waals surface area contributed by atoms with E-state index >= 15 is 0 Å². The first kappa shape index (κ1) is 13.3. The van der Waals surface area contributed by atoms with Gasteiger partial charge in [-0.3, -0.25) is 0 Å². The standard InChI is InChI=1S/C12H16O6/c13-6-10-12(16,11(15)9(14)7-17-10)18-8-4-2-1-3-5-8/h1-5,9-11,13-16H,6-7H2/t9-,10+,11+,12+/m0/s1. The lowest BCUT2D eigenvalue weighted by atomic mass is 9.96. The first-order valence-corrected chi connectivity index (χ1v) is 5.63. The van der Waals surface area contributed by atoms with Crippen molar-refractivity contribution in [1.82, 2.24) is 0 Å². The number of ether oxygens (including phenoxy) is 2. The van der Waals surface area contributed by atoms with E-state index in [-0.39, 0.29) is 6.61 Å². The average Bonchev–Trinajstić information content (AvgIpc) is 2.38. The summed E-state index contributed by atoms with van der Waals surface area (Å²) in [7, 11) is 0. The van der Waals surface area contributed by atoms with Gasteiger partial charge in [-0.1, -0.05) is 18.2 Å². The van der Waals surface area contributed by atoms with Crippen molar-refractivity contribution in [2.75, 3.05) is 13.2 Å². The fourth-order valence-corrected chi connectivity index (χ4v) is 1.88. The van der Waals surface area contributed by atoms with Crippen LogP contribution in [0.3, 0.4) is 0 Å². The van der Waals surface area contributed by atoms with Crippen LogP contribution in [-0.4, -0.2) is 57.7 Å². The lowest BCUT2D eigenvalue weighted by molar-refractivity contribution is -0.322. The molecule has 1 saturated heterocycles. The molecule has 0 spiro atoms. The van der Waals surface area contributed by atoms with Crippen LogP contribution in [0, 0.1) is 0 Å². The highest BCUT2D eigenvalue weighted by molar-refractivity contribution is 5.22. The molecule has 0 aliphatic carbocycles. The van der Waals surface area contributed by atoms with Crippen molar-refractivity contribution >= 4 is 0 Å². The smallest absolute Gasteiger partial charge is 0.265 e. The van der Waals surface area contributed by atoms with Crippen LogP contribution >= 0.6 is 0 Å². The van der Waals surface area contributed by atoms with Gasteiger partial charge in [0.2, 0.25) is 0 Å². The molecule has 0 radical (unpaired) electrons. The zero-order valence-electron chi connectivity index (χ0n) is 9.64. The summed E-state index contributed by atoms with van der Waals surface area (Å²) in [5.41, 5.74) is 0.